The SMILES string of the molecule is CCN(CC1CC1)C(=O)[C@H]1CCC2=Cc3c(cnn3-c3ccc(F)cc3)C[C@@]21C. The molecule has 1 amide bonds. The smallest absolute Gasteiger partial charge is 0.226 e. The maximum Gasteiger partial charge on any atom is 0.226 e. The highest BCUT2D eigenvalue weighted by Crippen LogP contribution is 2.53. The summed E-state index contributed by atoms with van der Waals surface area (Å²) in [6, 6.07) is 6.44. The van der Waals surface area contributed by atoms with E-state index >= 15 is 0 Å². The van der Waals surface area contributed by atoms with Crippen LogP contribution in [0, 0.1) is 23.1 Å². The van der Waals surface area contributed by atoms with Gasteiger partial charge in [-0.2, -0.15) is 5.10 Å². The highest BCUT2D eigenvalue weighted by molar-refractivity contribution is 5.82. The van der Waals surface area contributed by atoms with Crippen molar-refractivity contribution in [1.82, 2.24) is 14.7 Å². The molecule has 0 aliphatic heterocycles. The first-order chi connectivity index (χ1) is 14.0. The number of aromatic nitrogens is 2. The molecule has 1 aromatic carbocycles. The van der Waals surface area contributed by atoms with Crippen LogP contribution in [-0.4, -0.2) is 33.7 Å². The zero-order valence-electron chi connectivity index (χ0n) is 17.2. The summed E-state index contributed by atoms with van der Waals surface area (Å²) < 4.78 is 15.2. The first kappa shape index (κ1) is 18.6. The zero-order chi connectivity index (χ0) is 20.2. The number of amides is 1. The van der Waals surface area contributed by atoms with E-state index in [-0.39, 0.29) is 17.2 Å². The van der Waals surface area contributed by atoms with Crippen molar-refractivity contribution in [2.75, 3.05) is 13.1 Å². The van der Waals surface area contributed by atoms with Crippen LogP contribution in [0.1, 0.15) is 50.8 Å². The third-order valence-electron chi connectivity index (χ3n) is 7.20. The summed E-state index contributed by atoms with van der Waals surface area (Å²) in [5.41, 5.74) is 4.33. The molecule has 152 valence electrons. The van der Waals surface area contributed by atoms with Crippen molar-refractivity contribution in [3.8, 4) is 5.69 Å². The molecule has 3 aliphatic carbocycles. The Bertz CT molecular complexity index is 973. The summed E-state index contributed by atoms with van der Waals surface area (Å²) in [4.78, 5) is 15.5. The number of hydrogen-bond acceptors (Lipinski definition) is 2. The molecule has 3 aliphatic rings. The Morgan fingerprint density at radius 3 is 2.72 bits per heavy atom. The predicted octanol–water partition coefficient (Wildman–Crippen LogP) is 4.63. The van der Waals surface area contributed by atoms with Gasteiger partial charge in [-0.3, -0.25) is 4.79 Å². The summed E-state index contributed by atoms with van der Waals surface area (Å²) in [6.45, 7) is 6.08. The van der Waals surface area contributed by atoms with Crippen LogP contribution in [0.5, 0.6) is 0 Å². The highest BCUT2D eigenvalue weighted by atomic mass is 19.1. The highest BCUT2D eigenvalue weighted by Gasteiger charge is 2.50. The molecule has 5 rings (SSSR count). The third kappa shape index (κ3) is 3.11. The molecule has 5 heteroatoms. The third-order valence-corrected chi connectivity index (χ3v) is 7.20. The Balaban J connectivity index is 1.44. The van der Waals surface area contributed by atoms with Gasteiger partial charge in [0.2, 0.25) is 5.91 Å². The van der Waals surface area contributed by atoms with Crippen LogP contribution in [-0.2, 0) is 11.2 Å². The number of carbonyl (C=O) groups is 1. The first-order valence-corrected chi connectivity index (χ1v) is 10.8. The average Bonchev–Trinajstić information content (AvgIpc) is 3.36. The van der Waals surface area contributed by atoms with Gasteiger partial charge in [-0.1, -0.05) is 12.5 Å². The molecule has 2 atom stereocenters. The Hall–Kier alpha value is -2.43. The molecule has 0 N–H and O–H groups in total. The lowest BCUT2D eigenvalue weighted by Crippen LogP contribution is -2.43. The minimum atomic E-state index is -0.246. The van der Waals surface area contributed by atoms with Gasteiger partial charge in [0.05, 0.1) is 17.6 Å². The lowest BCUT2D eigenvalue weighted by atomic mass is 9.69. The van der Waals surface area contributed by atoms with Gasteiger partial charge < -0.3 is 4.90 Å². The quantitative estimate of drug-likeness (QED) is 0.743. The molecule has 0 bridgehead atoms. The van der Waals surface area contributed by atoms with Gasteiger partial charge in [-0.15, -0.1) is 0 Å². The van der Waals surface area contributed by atoms with Gasteiger partial charge in [0, 0.05) is 24.4 Å². The topological polar surface area (TPSA) is 38.1 Å². The molecule has 1 heterocycles. The van der Waals surface area contributed by atoms with Crippen LogP contribution in [0.15, 0.2) is 36.0 Å². The molecule has 4 nitrogen and oxygen atoms in total. The standard InChI is InChI=1S/C24H28FN3O/c1-3-27(15-16-4-5-16)23(29)21-11-6-18-12-22-17(13-24(18,21)2)14-26-28(22)20-9-7-19(25)8-10-20/h7-10,12,14,16,21H,3-6,11,13,15H2,1-2H3/t21-,24+/m1/s1. The second-order valence-electron chi connectivity index (χ2n) is 9.12. The Labute approximate surface area is 171 Å². The van der Waals surface area contributed by atoms with Gasteiger partial charge in [-0.25, -0.2) is 9.07 Å². The van der Waals surface area contributed by atoms with E-state index in [1.165, 1.54) is 36.1 Å². The normalized spacial score (nSPS) is 25.3. The van der Waals surface area contributed by atoms with Gasteiger partial charge in [0.25, 0.3) is 0 Å². The molecular formula is C24H28FN3O. The number of allylic oxidation sites excluding steroid dienone is 1. The monoisotopic (exact) mass is 393 g/mol. The number of nitrogens with zero attached hydrogens (tertiary/aromatic N) is 3. The second kappa shape index (κ2) is 6.82. The molecule has 0 spiro atoms. The Morgan fingerprint density at radius 2 is 2.03 bits per heavy atom. The molecule has 2 aromatic rings. The second-order valence-corrected chi connectivity index (χ2v) is 9.12. The van der Waals surface area contributed by atoms with Gasteiger partial charge in [0.1, 0.15) is 5.82 Å². The number of benzene rings is 1. The molecule has 0 saturated heterocycles. The summed E-state index contributed by atoms with van der Waals surface area (Å²) in [6.07, 6.45) is 9.41. The summed E-state index contributed by atoms with van der Waals surface area (Å²) in [7, 11) is 0. The van der Waals surface area contributed by atoms with Gasteiger partial charge >= 0.3 is 0 Å². The van der Waals surface area contributed by atoms with Crippen molar-refractivity contribution in [3.05, 3.63) is 53.1 Å². The van der Waals surface area contributed by atoms with Crippen molar-refractivity contribution in [2.24, 2.45) is 17.3 Å². The number of halogens is 1. The van der Waals surface area contributed by atoms with Crippen LogP contribution >= 0.6 is 0 Å². The molecule has 0 unspecified atom stereocenters. The van der Waals surface area contributed by atoms with Crippen molar-refractivity contribution < 1.29 is 9.18 Å². The zero-order valence-corrected chi connectivity index (χ0v) is 17.2. The van der Waals surface area contributed by atoms with E-state index in [2.05, 4.69) is 29.9 Å². The van der Waals surface area contributed by atoms with E-state index in [0.29, 0.717) is 5.91 Å². The van der Waals surface area contributed by atoms with Crippen LogP contribution < -0.4 is 0 Å². The first-order valence-electron chi connectivity index (χ1n) is 10.8. The number of hydrogen-bond donors (Lipinski definition) is 0. The van der Waals surface area contributed by atoms with E-state index in [0.717, 1.165) is 49.7 Å². The average molecular weight is 394 g/mol. The number of fused-ring (bicyclic) bond motifs is 2. The molecule has 29 heavy (non-hydrogen) atoms. The molecule has 1 aromatic heterocycles. The van der Waals surface area contributed by atoms with E-state index in [9.17, 15) is 9.18 Å². The molecule has 0 radical (unpaired) electrons. The van der Waals surface area contributed by atoms with E-state index in [4.69, 9.17) is 0 Å². The van der Waals surface area contributed by atoms with Crippen molar-refractivity contribution in [3.63, 3.8) is 0 Å². The summed E-state index contributed by atoms with van der Waals surface area (Å²) in [5.74, 6) is 0.856. The van der Waals surface area contributed by atoms with Crippen LogP contribution in [0.25, 0.3) is 11.8 Å². The lowest BCUT2D eigenvalue weighted by Gasteiger charge is -2.37. The van der Waals surface area contributed by atoms with Crippen molar-refractivity contribution >= 4 is 12.0 Å². The summed E-state index contributed by atoms with van der Waals surface area (Å²) >= 11 is 0. The van der Waals surface area contributed by atoms with Crippen LogP contribution in [0.4, 0.5) is 4.39 Å². The largest absolute Gasteiger partial charge is 0.342 e. The number of carbonyl (C=O) groups excluding carboxylic acids is 1. The molecular weight excluding hydrogens is 365 g/mol. The fourth-order valence-corrected chi connectivity index (χ4v) is 5.24. The predicted molar refractivity (Wildman–Crippen MR) is 111 cm³/mol. The minimum absolute atomic E-state index is 0.0507. The van der Waals surface area contributed by atoms with E-state index in [1.54, 1.807) is 12.1 Å². The Morgan fingerprint density at radius 1 is 1.28 bits per heavy atom. The van der Waals surface area contributed by atoms with Gasteiger partial charge in [0.15, 0.2) is 0 Å². The lowest BCUT2D eigenvalue weighted by molar-refractivity contribution is -0.138. The minimum Gasteiger partial charge on any atom is -0.342 e. The van der Waals surface area contributed by atoms with E-state index < -0.39 is 0 Å². The molecule has 2 saturated carbocycles. The fourth-order valence-electron chi connectivity index (χ4n) is 5.24. The fraction of sp³-hybridized carbons (Fsp3) is 0.500. The van der Waals surface area contributed by atoms with Crippen molar-refractivity contribution in [2.45, 2.75) is 46.0 Å². The maximum atomic E-state index is 13.4. The maximum absolute atomic E-state index is 13.4. The molecule has 2 fully saturated rings. The van der Waals surface area contributed by atoms with Crippen molar-refractivity contribution in [1.29, 1.82) is 0 Å². The number of rotatable bonds is 5. The summed E-state index contributed by atoms with van der Waals surface area (Å²) in [5, 5.41) is 4.58. The van der Waals surface area contributed by atoms with Gasteiger partial charge in [-0.05, 0) is 80.9 Å². The van der Waals surface area contributed by atoms with Crippen LogP contribution in [0.3, 0.4) is 0 Å². The van der Waals surface area contributed by atoms with Crippen LogP contribution in [0.2, 0.25) is 0 Å². The Kier molecular flexibility index (Phi) is 4.37. The van der Waals surface area contributed by atoms with E-state index in [1.807, 2.05) is 10.9 Å².